The molecule has 0 bridgehead atoms. The highest BCUT2D eigenvalue weighted by Gasteiger charge is 2.08. The zero-order valence-electron chi connectivity index (χ0n) is 12.0. The Morgan fingerprint density at radius 1 is 1.30 bits per heavy atom. The molecule has 0 fully saturated rings. The molecule has 0 aliphatic rings. The van der Waals surface area contributed by atoms with E-state index in [-0.39, 0.29) is 11.8 Å². The summed E-state index contributed by atoms with van der Waals surface area (Å²) in [6.45, 7) is 2.57. The monoisotopic (exact) mass is 294 g/mol. The lowest BCUT2D eigenvalue weighted by Gasteiger charge is -2.10. The van der Waals surface area contributed by atoms with Crippen molar-refractivity contribution < 1.29 is 8.42 Å². The highest BCUT2D eigenvalue weighted by molar-refractivity contribution is 7.90. The van der Waals surface area contributed by atoms with Crippen LogP contribution < -0.4 is 5.73 Å². The Kier molecular flexibility index (Phi) is 4.50. The number of rotatable bonds is 6. The lowest BCUT2D eigenvalue weighted by Crippen LogP contribution is -2.21. The van der Waals surface area contributed by atoms with Crippen LogP contribution in [0.4, 0.5) is 0 Å². The van der Waals surface area contributed by atoms with Crippen LogP contribution in [0.5, 0.6) is 0 Å². The maximum absolute atomic E-state index is 11.3. The molecule has 0 radical (unpaired) electrons. The number of hydrogen-bond acceptors (Lipinski definition) is 3. The van der Waals surface area contributed by atoms with E-state index in [0.717, 1.165) is 23.7 Å². The van der Waals surface area contributed by atoms with E-state index in [2.05, 4.69) is 25.1 Å². The number of aromatic nitrogens is 1. The predicted octanol–water partition coefficient (Wildman–Crippen LogP) is 1.97. The predicted molar refractivity (Wildman–Crippen MR) is 83.6 cm³/mol. The van der Waals surface area contributed by atoms with Gasteiger partial charge in [-0.3, -0.25) is 0 Å². The summed E-state index contributed by atoms with van der Waals surface area (Å²) in [7, 11) is -2.94. The van der Waals surface area contributed by atoms with Gasteiger partial charge in [-0.2, -0.15) is 0 Å². The molecule has 0 aliphatic heterocycles. The number of nitrogens with zero attached hydrogens (tertiary/aromatic N) is 1. The van der Waals surface area contributed by atoms with E-state index in [1.54, 1.807) is 0 Å². The molecule has 5 heteroatoms. The summed E-state index contributed by atoms with van der Waals surface area (Å²) in [6.07, 6.45) is 5.01. The molecule has 0 saturated carbocycles. The van der Waals surface area contributed by atoms with Crippen molar-refractivity contribution >= 4 is 20.7 Å². The third kappa shape index (κ3) is 3.84. The first-order valence-corrected chi connectivity index (χ1v) is 8.96. The molecule has 1 aromatic carbocycles. The first kappa shape index (κ1) is 15.1. The van der Waals surface area contributed by atoms with E-state index in [0.29, 0.717) is 6.54 Å². The molecular weight excluding hydrogens is 272 g/mol. The van der Waals surface area contributed by atoms with Crippen molar-refractivity contribution in [2.75, 3.05) is 12.0 Å². The Morgan fingerprint density at radius 3 is 2.70 bits per heavy atom. The second-order valence-electron chi connectivity index (χ2n) is 5.40. The van der Waals surface area contributed by atoms with Crippen LogP contribution in [0, 0.1) is 0 Å². The van der Waals surface area contributed by atoms with E-state index in [9.17, 15) is 8.42 Å². The molecule has 0 spiro atoms. The number of fused-ring (bicyclic) bond motifs is 1. The Bertz CT molecular complexity index is 689. The summed E-state index contributed by atoms with van der Waals surface area (Å²) < 4.78 is 24.6. The van der Waals surface area contributed by atoms with Crippen LogP contribution in [0.1, 0.15) is 18.9 Å². The second kappa shape index (κ2) is 5.97. The largest absolute Gasteiger partial charge is 0.346 e. The maximum atomic E-state index is 11.3. The summed E-state index contributed by atoms with van der Waals surface area (Å²) in [6, 6.07) is 8.48. The van der Waals surface area contributed by atoms with Gasteiger partial charge in [0.2, 0.25) is 0 Å². The zero-order valence-corrected chi connectivity index (χ0v) is 12.9. The minimum absolute atomic E-state index is 0.162. The fraction of sp³-hybridized carbons (Fsp3) is 0.467. The fourth-order valence-corrected chi connectivity index (χ4v) is 2.79. The quantitative estimate of drug-likeness (QED) is 0.886. The number of hydrogen-bond donors (Lipinski definition) is 1. The standard InChI is InChI=1S/C15H22N2O2S/c1-3-14(16)10-12-4-5-13-6-7-17(15(13)11-12)8-9-20(2,18)19/h4-7,11,14H,3,8-10,16H2,1-2H3. The van der Waals surface area contributed by atoms with Crippen molar-refractivity contribution in [3.8, 4) is 0 Å². The van der Waals surface area contributed by atoms with Crippen LogP contribution >= 0.6 is 0 Å². The smallest absolute Gasteiger partial charge is 0.149 e. The SMILES string of the molecule is CCC(N)Cc1ccc2ccn(CCS(C)(=O)=O)c2c1. The van der Waals surface area contributed by atoms with Crippen molar-refractivity contribution in [1.82, 2.24) is 4.57 Å². The molecule has 1 atom stereocenters. The van der Waals surface area contributed by atoms with Crippen LogP contribution in [0.25, 0.3) is 10.9 Å². The first-order chi connectivity index (χ1) is 9.39. The normalized spacial score (nSPS) is 13.8. The molecule has 1 unspecified atom stereocenters. The zero-order chi connectivity index (χ0) is 14.8. The summed E-state index contributed by atoms with van der Waals surface area (Å²) in [5.74, 6) is 0.162. The van der Waals surface area contributed by atoms with Crippen LogP contribution in [0.3, 0.4) is 0 Å². The number of aryl methyl sites for hydroxylation is 1. The molecule has 110 valence electrons. The number of sulfone groups is 1. The van der Waals surface area contributed by atoms with Gasteiger partial charge in [-0.25, -0.2) is 8.42 Å². The maximum Gasteiger partial charge on any atom is 0.149 e. The molecule has 4 nitrogen and oxygen atoms in total. The van der Waals surface area contributed by atoms with E-state index >= 15 is 0 Å². The highest BCUT2D eigenvalue weighted by Crippen LogP contribution is 2.19. The fourth-order valence-electron chi connectivity index (χ4n) is 2.26. The molecule has 0 aliphatic carbocycles. The summed E-state index contributed by atoms with van der Waals surface area (Å²) >= 11 is 0. The molecule has 2 N–H and O–H groups in total. The molecule has 0 saturated heterocycles. The van der Waals surface area contributed by atoms with E-state index in [1.807, 2.05) is 16.8 Å². The van der Waals surface area contributed by atoms with E-state index < -0.39 is 9.84 Å². The second-order valence-corrected chi connectivity index (χ2v) is 7.66. The molecule has 2 rings (SSSR count). The van der Waals surface area contributed by atoms with Crippen LogP contribution in [0.15, 0.2) is 30.5 Å². The van der Waals surface area contributed by atoms with Gasteiger partial charge in [-0.1, -0.05) is 19.1 Å². The summed E-state index contributed by atoms with van der Waals surface area (Å²) in [5, 5.41) is 1.13. The third-order valence-electron chi connectivity index (χ3n) is 3.56. The molecule has 0 amide bonds. The van der Waals surface area contributed by atoms with Gasteiger partial charge in [0.25, 0.3) is 0 Å². The van der Waals surface area contributed by atoms with Crippen molar-refractivity contribution in [1.29, 1.82) is 0 Å². The summed E-state index contributed by atoms with van der Waals surface area (Å²) in [4.78, 5) is 0. The topological polar surface area (TPSA) is 65.1 Å². The van der Waals surface area contributed by atoms with Gasteiger partial charge >= 0.3 is 0 Å². The first-order valence-electron chi connectivity index (χ1n) is 6.90. The summed E-state index contributed by atoms with van der Waals surface area (Å²) in [5.41, 5.74) is 8.27. The molecular formula is C15H22N2O2S. The van der Waals surface area contributed by atoms with Crippen molar-refractivity contribution in [2.45, 2.75) is 32.4 Å². The van der Waals surface area contributed by atoms with Gasteiger partial charge in [0.15, 0.2) is 0 Å². The molecule has 2 aromatic rings. The Hall–Kier alpha value is -1.33. The van der Waals surface area contributed by atoms with Gasteiger partial charge < -0.3 is 10.3 Å². The third-order valence-corrected chi connectivity index (χ3v) is 4.49. The van der Waals surface area contributed by atoms with Crippen molar-refractivity contribution in [3.63, 3.8) is 0 Å². The van der Waals surface area contributed by atoms with Crippen LogP contribution in [-0.2, 0) is 22.8 Å². The number of nitrogens with two attached hydrogens (primary N) is 1. The van der Waals surface area contributed by atoms with Gasteiger partial charge in [0, 0.05) is 30.6 Å². The van der Waals surface area contributed by atoms with Crippen molar-refractivity contribution in [2.24, 2.45) is 5.73 Å². The van der Waals surface area contributed by atoms with Gasteiger partial charge in [0.1, 0.15) is 9.84 Å². The van der Waals surface area contributed by atoms with E-state index in [4.69, 9.17) is 5.73 Å². The van der Waals surface area contributed by atoms with Gasteiger partial charge in [-0.15, -0.1) is 0 Å². The highest BCUT2D eigenvalue weighted by atomic mass is 32.2. The Balaban J connectivity index is 2.25. The minimum Gasteiger partial charge on any atom is -0.346 e. The Morgan fingerprint density at radius 2 is 2.05 bits per heavy atom. The van der Waals surface area contributed by atoms with Crippen LogP contribution in [-0.4, -0.2) is 31.0 Å². The lowest BCUT2D eigenvalue weighted by molar-refractivity contribution is 0.596. The average molecular weight is 294 g/mol. The van der Waals surface area contributed by atoms with Crippen molar-refractivity contribution in [3.05, 3.63) is 36.0 Å². The number of benzene rings is 1. The molecule has 1 aromatic heterocycles. The Labute approximate surface area is 120 Å². The van der Waals surface area contributed by atoms with Gasteiger partial charge in [0.05, 0.1) is 5.75 Å². The minimum atomic E-state index is -2.94. The van der Waals surface area contributed by atoms with Gasteiger partial charge in [-0.05, 0) is 35.9 Å². The molecule has 20 heavy (non-hydrogen) atoms. The van der Waals surface area contributed by atoms with Crippen LogP contribution in [0.2, 0.25) is 0 Å². The van der Waals surface area contributed by atoms with E-state index in [1.165, 1.54) is 11.8 Å². The average Bonchev–Trinajstić information content (AvgIpc) is 2.78. The lowest BCUT2D eigenvalue weighted by atomic mass is 10.0. The molecule has 1 heterocycles.